The Bertz CT molecular complexity index is 982. The van der Waals surface area contributed by atoms with E-state index in [0.29, 0.717) is 16.7 Å². The van der Waals surface area contributed by atoms with Crippen LogP contribution in [0.5, 0.6) is 0 Å². The third kappa shape index (κ3) is 5.51. The number of hydrogen-bond acceptors (Lipinski definition) is 10. The molecule has 254 valence electrons. The topological polar surface area (TPSA) is 147 Å². The first-order valence-electron chi connectivity index (χ1n) is 17.4. The summed E-state index contributed by atoms with van der Waals surface area (Å²) in [4.78, 5) is 0. The molecule has 6 fully saturated rings. The number of aliphatic hydroxyl groups is 5. The number of rotatable bonds is 7. The zero-order valence-corrected chi connectivity index (χ0v) is 27.3. The molecule has 0 radical (unpaired) electrons. The average molecular weight is 627 g/mol. The standard InChI is InChI=1S/C34H58O10/c1-6-18-8-10-22-21-9-7-19-15-20(11-13-34(19,4)23(21)12-14-33(18,22)3)42-32-28(39)30(40-5)29(17(2)41-32)44-31-27(38)26(37)25(36)24(16-35)43-31/h17-32,35-39H,6-16H2,1-5H3/t17-,18?,19?,20+,21?,22?,23?,24-,25-,26+,27-,28-,29+,30-,31+,32+,33-,34+/m1/s1. The van der Waals surface area contributed by atoms with Crippen LogP contribution in [0.1, 0.15) is 91.9 Å². The molecule has 0 spiro atoms. The van der Waals surface area contributed by atoms with Gasteiger partial charge in [-0.2, -0.15) is 0 Å². The van der Waals surface area contributed by atoms with Gasteiger partial charge in [0.1, 0.15) is 42.7 Å². The average Bonchev–Trinajstić information content (AvgIpc) is 3.36. The number of hydrogen-bond donors (Lipinski definition) is 5. The third-order valence-electron chi connectivity index (χ3n) is 13.8. The Labute approximate surface area is 262 Å². The molecule has 4 saturated carbocycles. The minimum Gasteiger partial charge on any atom is -0.394 e. The van der Waals surface area contributed by atoms with Gasteiger partial charge in [-0.05, 0) is 105 Å². The lowest BCUT2D eigenvalue weighted by atomic mass is 9.44. The minimum atomic E-state index is -1.57. The molecule has 2 saturated heterocycles. The lowest BCUT2D eigenvalue weighted by Crippen LogP contribution is -2.64. The predicted molar refractivity (Wildman–Crippen MR) is 160 cm³/mol. The van der Waals surface area contributed by atoms with Gasteiger partial charge in [0, 0.05) is 7.11 Å². The van der Waals surface area contributed by atoms with Crippen LogP contribution < -0.4 is 0 Å². The fourth-order valence-corrected chi connectivity index (χ4v) is 11.2. The van der Waals surface area contributed by atoms with Gasteiger partial charge in [-0.1, -0.05) is 27.2 Å². The third-order valence-corrected chi connectivity index (χ3v) is 13.8. The van der Waals surface area contributed by atoms with Gasteiger partial charge in [0.2, 0.25) is 0 Å². The smallest absolute Gasteiger partial charge is 0.187 e. The van der Waals surface area contributed by atoms with Crippen LogP contribution in [0.2, 0.25) is 0 Å². The molecule has 6 rings (SSSR count). The van der Waals surface area contributed by atoms with E-state index in [1.165, 1.54) is 52.1 Å². The van der Waals surface area contributed by atoms with Gasteiger partial charge in [0.05, 0.1) is 18.8 Å². The van der Waals surface area contributed by atoms with Crippen LogP contribution >= 0.6 is 0 Å². The summed E-state index contributed by atoms with van der Waals surface area (Å²) in [5.41, 5.74) is 0.875. The summed E-state index contributed by atoms with van der Waals surface area (Å²) in [7, 11) is 1.47. The Hall–Kier alpha value is -0.400. The van der Waals surface area contributed by atoms with Crippen LogP contribution in [-0.4, -0.2) is 107 Å². The largest absolute Gasteiger partial charge is 0.394 e. The highest BCUT2D eigenvalue weighted by Gasteiger charge is 2.60. The van der Waals surface area contributed by atoms with Crippen molar-refractivity contribution in [1.82, 2.24) is 0 Å². The maximum atomic E-state index is 11.3. The monoisotopic (exact) mass is 626 g/mol. The van der Waals surface area contributed by atoms with Crippen molar-refractivity contribution in [1.29, 1.82) is 0 Å². The van der Waals surface area contributed by atoms with Crippen LogP contribution in [-0.2, 0) is 23.7 Å². The lowest BCUT2D eigenvalue weighted by molar-refractivity contribution is -0.362. The molecule has 18 atom stereocenters. The van der Waals surface area contributed by atoms with E-state index in [0.717, 1.165) is 42.9 Å². The summed E-state index contributed by atoms with van der Waals surface area (Å²) in [5, 5.41) is 51.7. The number of aliphatic hydroxyl groups excluding tert-OH is 5. The van der Waals surface area contributed by atoms with Crippen molar-refractivity contribution < 1.29 is 49.2 Å². The summed E-state index contributed by atoms with van der Waals surface area (Å²) in [6.07, 6.45) is 1.09. The van der Waals surface area contributed by atoms with E-state index in [9.17, 15) is 25.5 Å². The molecule has 0 aromatic carbocycles. The maximum absolute atomic E-state index is 11.3. The van der Waals surface area contributed by atoms with Crippen LogP contribution in [0.4, 0.5) is 0 Å². The number of methoxy groups -OCH3 is 1. The summed E-state index contributed by atoms with van der Waals surface area (Å²) < 4.78 is 29.9. The fraction of sp³-hybridized carbons (Fsp3) is 1.00. The van der Waals surface area contributed by atoms with Gasteiger partial charge in [0.25, 0.3) is 0 Å². The Morgan fingerprint density at radius 2 is 1.45 bits per heavy atom. The van der Waals surface area contributed by atoms with Crippen molar-refractivity contribution >= 4 is 0 Å². The normalized spacial score (nSPS) is 56.0. The quantitative estimate of drug-likeness (QED) is 0.267. The highest BCUT2D eigenvalue weighted by Crippen LogP contribution is 2.68. The molecule has 5 unspecified atom stereocenters. The van der Waals surface area contributed by atoms with E-state index in [2.05, 4.69) is 20.8 Å². The highest BCUT2D eigenvalue weighted by molar-refractivity contribution is 5.09. The van der Waals surface area contributed by atoms with Gasteiger partial charge in [-0.15, -0.1) is 0 Å². The fourth-order valence-electron chi connectivity index (χ4n) is 11.2. The molecule has 44 heavy (non-hydrogen) atoms. The molecule has 0 aromatic rings. The molecule has 10 nitrogen and oxygen atoms in total. The maximum Gasteiger partial charge on any atom is 0.187 e. The second-order valence-corrected chi connectivity index (χ2v) is 15.6. The van der Waals surface area contributed by atoms with Crippen molar-refractivity contribution in [2.24, 2.45) is 40.4 Å². The Morgan fingerprint density at radius 3 is 2.16 bits per heavy atom. The van der Waals surface area contributed by atoms with Crippen molar-refractivity contribution in [2.45, 2.75) is 159 Å². The first-order chi connectivity index (χ1) is 21.0. The number of fused-ring (bicyclic) bond motifs is 5. The zero-order chi connectivity index (χ0) is 31.6. The second-order valence-electron chi connectivity index (χ2n) is 15.6. The SMILES string of the molecule is CCC1CCC2C3CCC4C[C@@H](O[C@@H]5O[C@H](C)[C@H](O[C@@H]6O[C@H](CO)[C@@H](O)[C@H](O)[C@H]6O)[C@H](OC)[C@H]5O)CC[C@]4(C)C3CC[C@]12C. The van der Waals surface area contributed by atoms with Crippen molar-refractivity contribution in [3.8, 4) is 0 Å². The summed E-state index contributed by atoms with van der Waals surface area (Å²) >= 11 is 0. The molecule has 2 aliphatic heterocycles. The summed E-state index contributed by atoms with van der Waals surface area (Å²) in [6.45, 7) is 8.79. The second kappa shape index (κ2) is 12.9. The van der Waals surface area contributed by atoms with Gasteiger partial charge in [-0.3, -0.25) is 0 Å². The van der Waals surface area contributed by atoms with E-state index in [1.807, 2.05) is 0 Å². The molecule has 4 aliphatic carbocycles. The van der Waals surface area contributed by atoms with Crippen molar-refractivity contribution in [3.05, 3.63) is 0 Å². The Morgan fingerprint density at radius 1 is 0.750 bits per heavy atom. The van der Waals surface area contributed by atoms with E-state index in [4.69, 9.17) is 23.7 Å². The van der Waals surface area contributed by atoms with Gasteiger partial charge >= 0.3 is 0 Å². The van der Waals surface area contributed by atoms with E-state index in [-0.39, 0.29) is 6.10 Å². The number of ether oxygens (including phenoxy) is 5. The lowest BCUT2D eigenvalue weighted by Gasteiger charge is -2.61. The molecule has 0 amide bonds. The van der Waals surface area contributed by atoms with Gasteiger partial charge in [-0.25, -0.2) is 0 Å². The Kier molecular flexibility index (Phi) is 9.82. The van der Waals surface area contributed by atoms with E-state index >= 15 is 0 Å². The summed E-state index contributed by atoms with van der Waals surface area (Å²) in [6, 6.07) is 0. The zero-order valence-electron chi connectivity index (χ0n) is 27.3. The van der Waals surface area contributed by atoms with Crippen molar-refractivity contribution in [3.63, 3.8) is 0 Å². The van der Waals surface area contributed by atoms with Crippen LogP contribution in [0, 0.1) is 40.4 Å². The van der Waals surface area contributed by atoms with E-state index in [1.54, 1.807) is 6.92 Å². The van der Waals surface area contributed by atoms with Crippen LogP contribution in [0.25, 0.3) is 0 Å². The minimum absolute atomic E-state index is 0.0123. The highest BCUT2D eigenvalue weighted by atomic mass is 16.7. The van der Waals surface area contributed by atoms with Crippen LogP contribution in [0.3, 0.4) is 0 Å². The molecule has 0 bridgehead atoms. The summed E-state index contributed by atoms with van der Waals surface area (Å²) in [5.74, 6) is 4.04. The first kappa shape index (κ1) is 33.5. The van der Waals surface area contributed by atoms with Gasteiger partial charge < -0.3 is 49.2 Å². The predicted octanol–water partition coefficient (Wildman–Crippen LogP) is 2.75. The van der Waals surface area contributed by atoms with Gasteiger partial charge in [0.15, 0.2) is 12.6 Å². The molecule has 2 heterocycles. The molecule has 10 heteroatoms. The molecule has 0 aromatic heterocycles. The molecule has 6 aliphatic rings. The Balaban J connectivity index is 1.08. The molecular formula is C34H58O10. The van der Waals surface area contributed by atoms with E-state index < -0.39 is 68.0 Å². The molecular weight excluding hydrogens is 568 g/mol. The molecule has 5 N–H and O–H groups in total. The first-order valence-corrected chi connectivity index (χ1v) is 17.4. The van der Waals surface area contributed by atoms with Crippen molar-refractivity contribution in [2.75, 3.05) is 13.7 Å². The van der Waals surface area contributed by atoms with Crippen LogP contribution in [0.15, 0.2) is 0 Å².